The zero-order valence-electron chi connectivity index (χ0n) is 8.99. The van der Waals surface area contributed by atoms with E-state index < -0.39 is 5.97 Å². The molecule has 0 spiro atoms. The van der Waals surface area contributed by atoms with E-state index in [1.54, 1.807) is 6.08 Å². The van der Waals surface area contributed by atoms with Crippen molar-refractivity contribution in [1.29, 1.82) is 5.26 Å². The predicted molar refractivity (Wildman–Crippen MR) is 56.8 cm³/mol. The van der Waals surface area contributed by atoms with Crippen LogP contribution in [0, 0.1) is 11.3 Å². The molecule has 0 saturated carbocycles. The van der Waals surface area contributed by atoms with Crippen LogP contribution >= 0.6 is 0 Å². The van der Waals surface area contributed by atoms with Gasteiger partial charge in [0.2, 0.25) is 0 Å². The van der Waals surface area contributed by atoms with Gasteiger partial charge in [0.25, 0.3) is 5.97 Å². The largest absolute Gasteiger partial charge is 0.481 e. The molecule has 0 aliphatic carbocycles. The number of hydrogen-bond acceptors (Lipinski definition) is 2. The highest BCUT2D eigenvalue weighted by molar-refractivity contribution is 5.62. The number of aliphatic carboxylic acids is 1. The van der Waals surface area contributed by atoms with Crippen molar-refractivity contribution in [2.45, 2.75) is 46.0 Å². The van der Waals surface area contributed by atoms with Crippen molar-refractivity contribution in [3.8, 4) is 6.07 Å². The second kappa shape index (κ2) is 14.2. The Bertz CT molecular complexity index is 188. The number of carbonyl (C=O) groups is 1. The fourth-order valence-corrected chi connectivity index (χ4v) is 0.825. The maximum Gasteiger partial charge on any atom is 0.300 e. The molecule has 3 heteroatoms. The van der Waals surface area contributed by atoms with E-state index in [1.165, 1.54) is 25.7 Å². The Morgan fingerprint density at radius 1 is 1.43 bits per heavy atom. The molecule has 0 aromatic rings. The number of nitrogens with zero attached hydrogens (tertiary/aromatic N) is 1. The summed E-state index contributed by atoms with van der Waals surface area (Å²) in [4.78, 5) is 9.00. The van der Waals surface area contributed by atoms with E-state index >= 15 is 0 Å². The molecule has 0 rings (SSSR count). The van der Waals surface area contributed by atoms with Gasteiger partial charge in [-0.2, -0.15) is 5.26 Å². The van der Waals surface area contributed by atoms with E-state index in [-0.39, 0.29) is 0 Å². The lowest BCUT2D eigenvalue weighted by Crippen LogP contribution is -1.78. The number of carboxylic acids is 1. The smallest absolute Gasteiger partial charge is 0.300 e. The van der Waals surface area contributed by atoms with Crippen LogP contribution in [0.3, 0.4) is 0 Å². The van der Waals surface area contributed by atoms with Gasteiger partial charge in [-0.15, -0.1) is 0 Å². The summed E-state index contributed by atoms with van der Waals surface area (Å²) in [5, 5.41) is 15.5. The summed E-state index contributed by atoms with van der Waals surface area (Å²) in [6.45, 7) is 3.28. The highest BCUT2D eigenvalue weighted by Gasteiger charge is 1.82. The molecule has 80 valence electrons. The highest BCUT2D eigenvalue weighted by Crippen LogP contribution is 2.02. The van der Waals surface area contributed by atoms with Gasteiger partial charge >= 0.3 is 0 Å². The lowest BCUT2D eigenvalue weighted by atomic mass is 10.1. The first kappa shape index (κ1) is 15.2. The van der Waals surface area contributed by atoms with Crippen LogP contribution < -0.4 is 0 Å². The fraction of sp³-hybridized carbons (Fsp3) is 0.636. The lowest BCUT2D eigenvalue weighted by molar-refractivity contribution is -0.134. The number of nitriles is 1. The van der Waals surface area contributed by atoms with Crippen LogP contribution in [-0.4, -0.2) is 11.1 Å². The molecule has 0 aromatic carbocycles. The van der Waals surface area contributed by atoms with Crippen LogP contribution in [0.1, 0.15) is 46.0 Å². The first-order valence-electron chi connectivity index (χ1n) is 4.89. The van der Waals surface area contributed by atoms with E-state index in [4.69, 9.17) is 15.2 Å². The second-order valence-corrected chi connectivity index (χ2v) is 2.90. The van der Waals surface area contributed by atoms with E-state index in [0.717, 1.165) is 13.3 Å². The molecule has 0 aliphatic heterocycles. The monoisotopic (exact) mass is 197 g/mol. The Morgan fingerprint density at radius 3 is 2.43 bits per heavy atom. The molecule has 14 heavy (non-hydrogen) atoms. The van der Waals surface area contributed by atoms with Gasteiger partial charge in [-0.05, 0) is 12.8 Å². The molecule has 0 aliphatic rings. The Kier molecular flexibility index (Phi) is 15.4. The molecule has 0 aromatic heterocycles. The Hall–Kier alpha value is -1.30. The molecule has 0 bridgehead atoms. The van der Waals surface area contributed by atoms with E-state index in [1.807, 2.05) is 12.1 Å². The standard InChI is InChI=1S/C9H15N.C2H4O2/c1-2-3-4-5-6-7-8-9-10;1-2(3)4/h7-8H,2-6H2,1H3;1H3,(H,3,4)/b8-7+;. The summed E-state index contributed by atoms with van der Waals surface area (Å²) in [5.74, 6) is -0.833. The minimum absolute atomic E-state index is 0.833. The lowest BCUT2D eigenvalue weighted by Gasteiger charge is -1.92. The van der Waals surface area contributed by atoms with Crippen LogP contribution in [0.15, 0.2) is 12.2 Å². The van der Waals surface area contributed by atoms with Crippen LogP contribution in [0.2, 0.25) is 0 Å². The third kappa shape index (κ3) is 31.0. The number of unbranched alkanes of at least 4 members (excludes halogenated alkanes) is 4. The molecule has 0 unspecified atom stereocenters. The van der Waals surface area contributed by atoms with Gasteiger partial charge in [-0.3, -0.25) is 4.79 Å². The number of allylic oxidation sites excluding steroid dienone is 2. The predicted octanol–water partition coefficient (Wildman–Crippen LogP) is 3.13. The van der Waals surface area contributed by atoms with Crippen molar-refractivity contribution in [2.24, 2.45) is 0 Å². The SMILES string of the molecule is CC(=O)O.CCCCCC/C=C/C#N. The van der Waals surface area contributed by atoms with Crippen molar-refractivity contribution in [3.05, 3.63) is 12.2 Å². The first-order chi connectivity index (χ1) is 6.65. The maximum absolute atomic E-state index is 9.00. The van der Waals surface area contributed by atoms with Crippen molar-refractivity contribution in [1.82, 2.24) is 0 Å². The van der Waals surface area contributed by atoms with Crippen LogP contribution in [0.5, 0.6) is 0 Å². The summed E-state index contributed by atoms with van der Waals surface area (Å²) in [7, 11) is 0. The highest BCUT2D eigenvalue weighted by atomic mass is 16.4. The van der Waals surface area contributed by atoms with Crippen LogP contribution in [0.25, 0.3) is 0 Å². The normalized spacial score (nSPS) is 8.93. The van der Waals surface area contributed by atoms with E-state index in [0.29, 0.717) is 0 Å². The average Bonchev–Trinajstić information content (AvgIpc) is 2.10. The number of carboxylic acid groups (broad SMARTS) is 1. The van der Waals surface area contributed by atoms with Gasteiger partial charge in [-0.25, -0.2) is 0 Å². The summed E-state index contributed by atoms with van der Waals surface area (Å²) < 4.78 is 0. The average molecular weight is 197 g/mol. The van der Waals surface area contributed by atoms with E-state index in [2.05, 4.69) is 6.92 Å². The van der Waals surface area contributed by atoms with Gasteiger partial charge in [0.1, 0.15) is 0 Å². The van der Waals surface area contributed by atoms with Crippen molar-refractivity contribution in [2.75, 3.05) is 0 Å². The Morgan fingerprint density at radius 2 is 2.00 bits per heavy atom. The minimum Gasteiger partial charge on any atom is -0.481 e. The van der Waals surface area contributed by atoms with Gasteiger partial charge in [0.05, 0.1) is 6.07 Å². The summed E-state index contributed by atoms with van der Waals surface area (Å²) >= 11 is 0. The van der Waals surface area contributed by atoms with Gasteiger partial charge in [0.15, 0.2) is 0 Å². The molecule has 1 N–H and O–H groups in total. The molecular weight excluding hydrogens is 178 g/mol. The van der Waals surface area contributed by atoms with Crippen LogP contribution in [0.4, 0.5) is 0 Å². The quantitative estimate of drug-likeness (QED) is 0.544. The molecule has 0 saturated heterocycles. The zero-order chi connectivity index (χ0) is 11.2. The van der Waals surface area contributed by atoms with E-state index in [9.17, 15) is 0 Å². The molecule has 3 nitrogen and oxygen atoms in total. The molecule has 0 fully saturated rings. The zero-order valence-corrected chi connectivity index (χ0v) is 8.99. The topological polar surface area (TPSA) is 61.1 Å². The molecule has 0 heterocycles. The van der Waals surface area contributed by atoms with Crippen molar-refractivity contribution < 1.29 is 9.90 Å². The Balaban J connectivity index is 0. The first-order valence-corrected chi connectivity index (χ1v) is 4.89. The van der Waals surface area contributed by atoms with Crippen molar-refractivity contribution in [3.63, 3.8) is 0 Å². The van der Waals surface area contributed by atoms with Gasteiger partial charge < -0.3 is 5.11 Å². The summed E-state index contributed by atoms with van der Waals surface area (Å²) in [6.07, 6.45) is 9.69. The van der Waals surface area contributed by atoms with Gasteiger partial charge in [0, 0.05) is 13.0 Å². The summed E-state index contributed by atoms with van der Waals surface area (Å²) in [5.41, 5.74) is 0. The minimum atomic E-state index is -0.833. The summed E-state index contributed by atoms with van der Waals surface area (Å²) in [6, 6.07) is 1.98. The molecular formula is C11H19NO2. The van der Waals surface area contributed by atoms with Gasteiger partial charge in [-0.1, -0.05) is 32.3 Å². The number of hydrogen-bond donors (Lipinski definition) is 1. The maximum atomic E-state index is 9.00. The Labute approximate surface area is 86.1 Å². The molecule has 0 amide bonds. The number of rotatable bonds is 5. The fourth-order valence-electron chi connectivity index (χ4n) is 0.825. The third-order valence-electron chi connectivity index (χ3n) is 1.42. The van der Waals surface area contributed by atoms with Crippen molar-refractivity contribution >= 4 is 5.97 Å². The third-order valence-corrected chi connectivity index (χ3v) is 1.42. The van der Waals surface area contributed by atoms with Crippen LogP contribution in [-0.2, 0) is 4.79 Å². The second-order valence-electron chi connectivity index (χ2n) is 2.90. The molecule has 0 atom stereocenters. The molecule has 0 radical (unpaired) electrons.